The minimum atomic E-state index is -0.367. The van der Waals surface area contributed by atoms with Crippen LogP contribution < -0.4 is 5.48 Å². The molecule has 1 amide bonds. The van der Waals surface area contributed by atoms with E-state index in [1.165, 1.54) is 0 Å². The highest BCUT2D eigenvalue weighted by atomic mass is 19.1. The topological polar surface area (TPSA) is 71.3 Å². The summed E-state index contributed by atoms with van der Waals surface area (Å²) in [4.78, 5) is 23.8. The van der Waals surface area contributed by atoms with E-state index < -0.39 is 0 Å². The van der Waals surface area contributed by atoms with Gasteiger partial charge in [0.2, 0.25) is 5.91 Å². The number of allylic oxidation sites excluding steroid dienone is 1. The second-order valence-electron chi connectivity index (χ2n) is 8.21. The smallest absolute Gasteiger partial charge is 0.243 e. The third kappa shape index (κ3) is 3.75. The molecule has 0 unspecified atom stereocenters. The number of ketones is 1. The molecule has 1 aromatic heterocycles. The molecule has 0 radical (unpaired) electrons. The monoisotopic (exact) mass is 362 g/mol. The van der Waals surface area contributed by atoms with Gasteiger partial charge in [-0.3, -0.25) is 14.8 Å². The summed E-state index contributed by atoms with van der Waals surface area (Å²) in [5.74, 6) is -0.393. The summed E-state index contributed by atoms with van der Waals surface area (Å²) in [6.07, 6.45) is 6.65. The van der Waals surface area contributed by atoms with Crippen molar-refractivity contribution >= 4 is 17.8 Å². The minimum absolute atomic E-state index is 0.0791. The molecule has 1 aromatic rings. The van der Waals surface area contributed by atoms with Crippen LogP contribution in [0, 0.1) is 5.41 Å². The predicted octanol–water partition coefficient (Wildman–Crippen LogP) is 3.97. The van der Waals surface area contributed by atoms with E-state index in [0.29, 0.717) is 32.1 Å². The Hall–Kier alpha value is -1.95. The lowest BCUT2D eigenvalue weighted by Crippen LogP contribution is -2.28. The minimum Gasteiger partial charge on any atom is -0.347 e. The maximum Gasteiger partial charge on any atom is 0.243 e. The lowest BCUT2D eigenvalue weighted by atomic mass is 9.75. The third-order valence-electron chi connectivity index (χ3n) is 5.40. The zero-order chi connectivity index (χ0) is 18.9. The summed E-state index contributed by atoms with van der Waals surface area (Å²) in [5, 5.41) is 8.53. The standard InChI is InChI=1S/C20H27FN2O3/c1-20(2)11-16-19(17(24)12-20)14-10-13(21)7-8-15(14)23(16)9-5-3-4-6-18(25)22-26/h10,26H,3-9,11-12H2,1-2H3,(H,22,25). The van der Waals surface area contributed by atoms with Gasteiger partial charge in [0.25, 0.3) is 0 Å². The van der Waals surface area contributed by atoms with Gasteiger partial charge in [-0.2, -0.15) is 0 Å². The summed E-state index contributed by atoms with van der Waals surface area (Å²) in [7, 11) is 0. The first-order valence-corrected chi connectivity index (χ1v) is 9.39. The zero-order valence-corrected chi connectivity index (χ0v) is 15.5. The molecule has 6 heteroatoms. The maximum absolute atomic E-state index is 13.9. The molecule has 0 spiro atoms. The van der Waals surface area contributed by atoms with Crippen molar-refractivity contribution in [3.05, 3.63) is 28.3 Å². The molecule has 0 atom stereocenters. The van der Waals surface area contributed by atoms with Crippen molar-refractivity contribution in [3.8, 4) is 0 Å². The van der Waals surface area contributed by atoms with Gasteiger partial charge in [0.1, 0.15) is 5.83 Å². The highest BCUT2D eigenvalue weighted by Crippen LogP contribution is 2.41. The molecule has 0 saturated heterocycles. The average molecular weight is 362 g/mol. The molecule has 26 heavy (non-hydrogen) atoms. The van der Waals surface area contributed by atoms with Gasteiger partial charge in [-0.1, -0.05) is 20.3 Å². The number of rotatable bonds is 6. The largest absolute Gasteiger partial charge is 0.347 e. The molecule has 2 aliphatic rings. The van der Waals surface area contributed by atoms with E-state index in [0.717, 1.165) is 48.3 Å². The number of Topliss-reactive ketones (excluding diaryl/α,β-unsaturated/α-hetero) is 1. The van der Waals surface area contributed by atoms with Gasteiger partial charge in [0, 0.05) is 48.3 Å². The van der Waals surface area contributed by atoms with Crippen molar-refractivity contribution in [2.24, 2.45) is 5.41 Å². The van der Waals surface area contributed by atoms with Gasteiger partial charge in [-0.15, -0.1) is 0 Å². The zero-order valence-electron chi connectivity index (χ0n) is 15.5. The second kappa shape index (κ2) is 7.35. The molecule has 1 heterocycles. The quantitative estimate of drug-likeness (QED) is 0.457. The first kappa shape index (κ1) is 18.8. The first-order valence-electron chi connectivity index (χ1n) is 9.39. The fourth-order valence-electron chi connectivity index (χ4n) is 4.23. The number of unbranched alkanes of at least 4 members (excludes halogenated alkanes) is 2. The number of hydrogen-bond donors (Lipinski definition) is 2. The van der Waals surface area contributed by atoms with Crippen LogP contribution in [-0.4, -0.2) is 21.5 Å². The Balaban J connectivity index is 1.82. The summed E-state index contributed by atoms with van der Waals surface area (Å²) < 4.78 is 16.1. The molecule has 2 aliphatic carbocycles. The third-order valence-corrected chi connectivity index (χ3v) is 5.40. The number of halogens is 1. The van der Waals surface area contributed by atoms with Crippen LogP contribution in [0.5, 0.6) is 0 Å². The number of amides is 1. The van der Waals surface area contributed by atoms with Crippen molar-refractivity contribution < 1.29 is 19.2 Å². The number of fused-ring (bicyclic) bond motifs is 3. The number of carbonyl (C=O) groups excluding carboxylic acids is 2. The summed E-state index contributed by atoms with van der Waals surface area (Å²) >= 11 is 0. The molecule has 0 aromatic carbocycles. The molecular weight excluding hydrogens is 335 g/mol. The average Bonchev–Trinajstić information content (AvgIpc) is 2.85. The Morgan fingerprint density at radius 3 is 2.73 bits per heavy atom. The van der Waals surface area contributed by atoms with E-state index in [2.05, 4.69) is 18.4 Å². The molecule has 0 fully saturated rings. The molecule has 0 aliphatic heterocycles. The number of aromatic nitrogens is 1. The summed E-state index contributed by atoms with van der Waals surface area (Å²) in [5.41, 5.74) is 5.22. The molecular formula is C20H27FN2O3. The van der Waals surface area contributed by atoms with Crippen molar-refractivity contribution in [3.63, 3.8) is 0 Å². The van der Waals surface area contributed by atoms with Crippen LogP contribution in [0.25, 0.3) is 6.08 Å². The lowest BCUT2D eigenvalue weighted by Gasteiger charge is -2.30. The fraction of sp³-hybridized carbons (Fsp3) is 0.600. The Morgan fingerprint density at radius 2 is 2.00 bits per heavy atom. The van der Waals surface area contributed by atoms with Crippen LogP contribution in [-0.2, 0) is 24.2 Å². The van der Waals surface area contributed by atoms with E-state index >= 15 is 0 Å². The number of carbonyl (C=O) groups is 2. The number of nitrogens with one attached hydrogen (secondary N) is 1. The van der Waals surface area contributed by atoms with Gasteiger partial charge >= 0.3 is 0 Å². The van der Waals surface area contributed by atoms with Gasteiger partial charge in [-0.05, 0) is 37.2 Å². The van der Waals surface area contributed by atoms with Crippen LogP contribution in [0.4, 0.5) is 4.39 Å². The molecule has 2 N–H and O–H groups in total. The highest BCUT2D eigenvalue weighted by molar-refractivity contribution is 6.03. The van der Waals surface area contributed by atoms with Gasteiger partial charge in [0.05, 0.1) is 0 Å². The lowest BCUT2D eigenvalue weighted by molar-refractivity contribution is -0.129. The Kier molecular flexibility index (Phi) is 5.32. The van der Waals surface area contributed by atoms with Crippen LogP contribution in [0.15, 0.2) is 5.83 Å². The van der Waals surface area contributed by atoms with E-state index in [4.69, 9.17) is 5.21 Å². The Morgan fingerprint density at radius 1 is 1.23 bits per heavy atom. The first-order chi connectivity index (χ1) is 12.3. The predicted molar refractivity (Wildman–Crippen MR) is 96.7 cm³/mol. The van der Waals surface area contributed by atoms with Crippen LogP contribution >= 0.6 is 0 Å². The normalized spacial score (nSPS) is 18.2. The van der Waals surface area contributed by atoms with Crippen molar-refractivity contribution in [1.29, 1.82) is 0 Å². The van der Waals surface area contributed by atoms with Crippen molar-refractivity contribution in [2.75, 3.05) is 0 Å². The summed E-state index contributed by atoms with van der Waals surface area (Å²) in [6.45, 7) is 4.99. The van der Waals surface area contributed by atoms with Crippen LogP contribution in [0.2, 0.25) is 0 Å². The van der Waals surface area contributed by atoms with E-state index in [9.17, 15) is 14.0 Å². The van der Waals surface area contributed by atoms with E-state index in [1.54, 1.807) is 11.6 Å². The van der Waals surface area contributed by atoms with Crippen LogP contribution in [0.1, 0.15) is 79.7 Å². The maximum atomic E-state index is 13.9. The molecule has 142 valence electrons. The second-order valence-corrected chi connectivity index (χ2v) is 8.21. The van der Waals surface area contributed by atoms with Gasteiger partial charge < -0.3 is 4.57 Å². The van der Waals surface area contributed by atoms with E-state index in [1.807, 2.05) is 0 Å². The SMILES string of the molecule is CC1(C)CC(=O)c2c3c(n(CCCCCC(=O)NO)c2C1)CCC(F)=C3. The molecule has 3 rings (SSSR count). The number of hydrogen-bond acceptors (Lipinski definition) is 3. The van der Waals surface area contributed by atoms with Crippen molar-refractivity contribution in [1.82, 2.24) is 10.0 Å². The molecule has 0 saturated carbocycles. The number of hydroxylamine groups is 1. The highest BCUT2D eigenvalue weighted by Gasteiger charge is 2.37. The Labute approximate surface area is 153 Å². The fourth-order valence-corrected chi connectivity index (χ4v) is 4.23. The van der Waals surface area contributed by atoms with Gasteiger partial charge in [-0.25, -0.2) is 9.87 Å². The van der Waals surface area contributed by atoms with Crippen LogP contribution in [0.3, 0.4) is 0 Å². The van der Waals surface area contributed by atoms with E-state index in [-0.39, 0.29) is 22.9 Å². The molecule has 5 nitrogen and oxygen atoms in total. The van der Waals surface area contributed by atoms with Crippen molar-refractivity contribution in [2.45, 2.75) is 71.8 Å². The molecule has 0 bridgehead atoms. The van der Waals surface area contributed by atoms with Gasteiger partial charge in [0.15, 0.2) is 5.78 Å². The Bertz CT molecular complexity index is 762. The number of nitrogens with zero attached hydrogens (tertiary/aromatic N) is 1. The summed E-state index contributed by atoms with van der Waals surface area (Å²) in [6, 6.07) is 0.